The van der Waals surface area contributed by atoms with Gasteiger partial charge < -0.3 is 4.90 Å². The zero-order valence-corrected chi connectivity index (χ0v) is 12.1. The number of fused-ring (bicyclic) bond motifs is 2. The molecule has 3 rings (SSSR count). The predicted molar refractivity (Wildman–Crippen MR) is 75.0 cm³/mol. The van der Waals surface area contributed by atoms with Gasteiger partial charge in [-0.25, -0.2) is 0 Å². The number of hydrogen-bond acceptors (Lipinski definition) is 3. The smallest absolute Gasteiger partial charge is 0.226 e. The van der Waals surface area contributed by atoms with Crippen LogP contribution in [0.5, 0.6) is 0 Å². The van der Waals surface area contributed by atoms with E-state index in [0.717, 1.165) is 24.3 Å². The van der Waals surface area contributed by atoms with E-state index in [4.69, 9.17) is 0 Å². The van der Waals surface area contributed by atoms with Gasteiger partial charge in [-0.05, 0) is 50.2 Å². The molecule has 2 bridgehead atoms. The molecule has 0 aromatic carbocycles. The minimum atomic E-state index is 0.372. The number of likely N-dealkylation sites (tertiary alicyclic amines) is 1. The third-order valence-corrected chi connectivity index (χ3v) is 7.01. The fraction of sp³-hybridized carbons (Fsp3) is 0.923. The Hall–Kier alpha value is 0.170. The van der Waals surface area contributed by atoms with Crippen molar-refractivity contribution in [1.82, 2.24) is 4.90 Å². The van der Waals surface area contributed by atoms with Crippen LogP contribution >= 0.6 is 21.6 Å². The second-order valence-electron chi connectivity index (χ2n) is 5.68. The Morgan fingerprint density at radius 2 is 1.94 bits per heavy atom. The third-order valence-electron chi connectivity index (χ3n) is 4.71. The molecule has 0 spiro atoms. The summed E-state index contributed by atoms with van der Waals surface area (Å²) in [4.78, 5) is 14.6. The van der Waals surface area contributed by atoms with Crippen molar-refractivity contribution in [2.75, 3.05) is 19.3 Å². The molecular weight excluding hydrogens is 250 g/mol. The molecule has 1 saturated heterocycles. The Labute approximate surface area is 112 Å². The van der Waals surface area contributed by atoms with Crippen molar-refractivity contribution in [3.63, 3.8) is 0 Å². The molecule has 0 aromatic rings. The van der Waals surface area contributed by atoms with Crippen LogP contribution < -0.4 is 0 Å². The van der Waals surface area contributed by atoms with Gasteiger partial charge in [-0.15, -0.1) is 0 Å². The number of rotatable bonds is 3. The highest BCUT2D eigenvalue weighted by atomic mass is 33.1. The average molecular weight is 271 g/mol. The lowest BCUT2D eigenvalue weighted by Crippen LogP contribution is -2.38. The molecule has 4 heteroatoms. The van der Waals surface area contributed by atoms with E-state index in [0.29, 0.717) is 17.7 Å². The maximum atomic E-state index is 12.5. The summed E-state index contributed by atoms with van der Waals surface area (Å²) >= 11 is 0. The van der Waals surface area contributed by atoms with Gasteiger partial charge in [0.05, 0.1) is 0 Å². The Bertz CT molecular complexity index is 304. The molecule has 0 radical (unpaired) electrons. The summed E-state index contributed by atoms with van der Waals surface area (Å²) in [5, 5.41) is 0.750. The van der Waals surface area contributed by atoms with E-state index in [-0.39, 0.29) is 0 Å². The zero-order chi connectivity index (χ0) is 11.8. The fourth-order valence-electron chi connectivity index (χ4n) is 3.98. The second-order valence-corrected chi connectivity index (χ2v) is 8.39. The Kier molecular flexibility index (Phi) is 3.62. The molecular formula is C13H21NOS2. The zero-order valence-electron chi connectivity index (χ0n) is 10.4. The van der Waals surface area contributed by atoms with Gasteiger partial charge in [0.25, 0.3) is 0 Å². The van der Waals surface area contributed by atoms with Gasteiger partial charge in [-0.3, -0.25) is 4.79 Å². The number of amides is 1. The van der Waals surface area contributed by atoms with Crippen molar-refractivity contribution in [2.24, 2.45) is 17.8 Å². The summed E-state index contributed by atoms with van der Waals surface area (Å²) in [6, 6.07) is 0. The van der Waals surface area contributed by atoms with E-state index in [1.165, 1.54) is 32.1 Å². The van der Waals surface area contributed by atoms with Crippen LogP contribution in [0, 0.1) is 17.8 Å². The van der Waals surface area contributed by atoms with E-state index < -0.39 is 0 Å². The molecule has 96 valence electrons. The van der Waals surface area contributed by atoms with E-state index in [1.54, 1.807) is 0 Å². The van der Waals surface area contributed by atoms with Gasteiger partial charge in [0, 0.05) is 24.3 Å². The van der Waals surface area contributed by atoms with Crippen LogP contribution in [0.3, 0.4) is 0 Å². The van der Waals surface area contributed by atoms with Crippen LogP contribution in [0.25, 0.3) is 0 Å². The van der Waals surface area contributed by atoms with Crippen molar-refractivity contribution in [3.05, 3.63) is 0 Å². The lowest BCUT2D eigenvalue weighted by Gasteiger charge is -2.30. The van der Waals surface area contributed by atoms with Crippen molar-refractivity contribution in [2.45, 2.75) is 37.4 Å². The van der Waals surface area contributed by atoms with Gasteiger partial charge in [0.2, 0.25) is 5.91 Å². The largest absolute Gasteiger partial charge is 0.342 e. The quantitative estimate of drug-likeness (QED) is 0.736. The summed E-state index contributed by atoms with van der Waals surface area (Å²) in [6.07, 6.45) is 8.47. The molecule has 0 N–H and O–H groups in total. The molecule has 1 aliphatic heterocycles. The molecule has 2 aliphatic carbocycles. The first kappa shape index (κ1) is 12.2. The summed E-state index contributed by atoms with van der Waals surface area (Å²) in [5.74, 6) is 2.39. The lowest BCUT2D eigenvalue weighted by atomic mass is 9.87. The van der Waals surface area contributed by atoms with Crippen LogP contribution in [-0.4, -0.2) is 35.4 Å². The van der Waals surface area contributed by atoms with E-state index >= 15 is 0 Å². The lowest BCUT2D eigenvalue weighted by molar-refractivity contribution is -0.136. The van der Waals surface area contributed by atoms with Gasteiger partial charge in [0.1, 0.15) is 0 Å². The predicted octanol–water partition coefficient (Wildman–Crippen LogP) is 3.03. The first-order chi connectivity index (χ1) is 8.29. The number of hydrogen-bond donors (Lipinski definition) is 0. The standard InChI is InChI=1S/C13H21NOS2/c1-16-17-12-8-9-6-10(12)11(7-9)13(15)14-4-2-3-5-14/h9-12H,2-8H2,1H3/t9?,10?,11-,12+/m0/s1. The fourth-order valence-corrected chi connectivity index (χ4v) is 6.42. The molecule has 2 nitrogen and oxygen atoms in total. The molecule has 4 atom stereocenters. The minimum Gasteiger partial charge on any atom is -0.342 e. The Morgan fingerprint density at radius 1 is 1.18 bits per heavy atom. The Morgan fingerprint density at radius 3 is 2.59 bits per heavy atom. The summed E-state index contributed by atoms with van der Waals surface area (Å²) < 4.78 is 0. The number of carbonyl (C=O) groups is 1. The van der Waals surface area contributed by atoms with Crippen molar-refractivity contribution < 1.29 is 4.79 Å². The van der Waals surface area contributed by atoms with Crippen molar-refractivity contribution >= 4 is 27.5 Å². The van der Waals surface area contributed by atoms with E-state index in [1.807, 2.05) is 21.6 Å². The van der Waals surface area contributed by atoms with Crippen LogP contribution in [-0.2, 0) is 4.79 Å². The van der Waals surface area contributed by atoms with Crippen LogP contribution in [0.2, 0.25) is 0 Å². The molecule has 2 unspecified atom stereocenters. The topological polar surface area (TPSA) is 20.3 Å². The summed E-state index contributed by atoms with van der Waals surface area (Å²) in [5.41, 5.74) is 0. The first-order valence-corrected chi connectivity index (χ1v) is 9.40. The Balaban J connectivity index is 1.66. The molecule has 1 amide bonds. The average Bonchev–Trinajstić information content (AvgIpc) is 3.04. The SMILES string of the molecule is CSS[C@@H]1CC2CC1[C@@H](C(=O)N1CCCC1)C2. The van der Waals surface area contributed by atoms with Gasteiger partial charge >= 0.3 is 0 Å². The van der Waals surface area contributed by atoms with Gasteiger partial charge in [0.15, 0.2) is 0 Å². The molecule has 3 fully saturated rings. The van der Waals surface area contributed by atoms with Crippen LogP contribution in [0.1, 0.15) is 32.1 Å². The summed E-state index contributed by atoms with van der Waals surface area (Å²) in [6.45, 7) is 2.04. The molecule has 3 aliphatic rings. The van der Waals surface area contributed by atoms with Gasteiger partial charge in [-0.1, -0.05) is 21.6 Å². The highest BCUT2D eigenvalue weighted by Gasteiger charge is 2.50. The van der Waals surface area contributed by atoms with E-state index in [9.17, 15) is 4.79 Å². The first-order valence-electron chi connectivity index (χ1n) is 6.78. The number of nitrogens with zero attached hydrogens (tertiary/aromatic N) is 1. The maximum Gasteiger partial charge on any atom is 0.226 e. The molecule has 17 heavy (non-hydrogen) atoms. The molecule has 1 heterocycles. The molecule has 2 saturated carbocycles. The van der Waals surface area contributed by atoms with Crippen LogP contribution in [0.15, 0.2) is 0 Å². The second kappa shape index (κ2) is 5.04. The van der Waals surface area contributed by atoms with Crippen molar-refractivity contribution in [1.29, 1.82) is 0 Å². The normalized spacial score (nSPS) is 40.2. The van der Waals surface area contributed by atoms with Crippen LogP contribution in [0.4, 0.5) is 0 Å². The number of carbonyl (C=O) groups excluding carboxylic acids is 1. The third kappa shape index (κ3) is 2.23. The van der Waals surface area contributed by atoms with Crippen molar-refractivity contribution in [3.8, 4) is 0 Å². The van der Waals surface area contributed by atoms with Gasteiger partial charge in [-0.2, -0.15) is 0 Å². The maximum absolute atomic E-state index is 12.5. The highest BCUT2D eigenvalue weighted by Crippen LogP contribution is 2.55. The highest BCUT2D eigenvalue weighted by molar-refractivity contribution is 8.76. The summed E-state index contributed by atoms with van der Waals surface area (Å²) in [7, 11) is 3.89. The monoisotopic (exact) mass is 271 g/mol. The van der Waals surface area contributed by atoms with E-state index in [2.05, 4.69) is 11.2 Å². The minimum absolute atomic E-state index is 0.372. The molecule has 0 aromatic heterocycles.